The van der Waals surface area contributed by atoms with Crippen molar-refractivity contribution < 1.29 is 13.9 Å². The maximum absolute atomic E-state index is 15.2. The largest absolute Gasteiger partial charge is 0.492 e. The molecule has 37 heavy (non-hydrogen) atoms. The second-order valence-corrected chi connectivity index (χ2v) is 9.90. The predicted molar refractivity (Wildman–Crippen MR) is 143 cm³/mol. The third-order valence-electron chi connectivity index (χ3n) is 7.38. The van der Waals surface area contributed by atoms with Crippen LogP contribution in [0, 0.1) is 12.7 Å². The molecule has 3 aromatic rings. The van der Waals surface area contributed by atoms with Gasteiger partial charge in [-0.2, -0.15) is 5.10 Å². The fourth-order valence-corrected chi connectivity index (χ4v) is 5.07. The van der Waals surface area contributed by atoms with Gasteiger partial charge >= 0.3 is 0 Å². The highest BCUT2D eigenvalue weighted by Gasteiger charge is 2.22. The number of hydrogen-bond donors (Lipinski definition) is 2. The fraction of sp³-hybridized carbons (Fsp3) is 0.429. The van der Waals surface area contributed by atoms with E-state index >= 15 is 4.39 Å². The highest BCUT2D eigenvalue weighted by atomic mass is 19.1. The number of likely N-dealkylation sites (tertiary alicyclic amines) is 1. The van der Waals surface area contributed by atoms with Crippen LogP contribution in [0.25, 0.3) is 22.5 Å². The summed E-state index contributed by atoms with van der Waals surface area (Å²) >= 11 is 0. The lowest BCUT2D eigenvalue weighted by Crippen LogP contribution is -2.47. The van der Waals surface area contributed by atoms with Gasteiger partial charge in [0.05, 0.1) is 16.9 Å². The number of aldehydes is 1. The first kappa shape index (κ1) is 25.4. The second-order valence-electron chi connectivity index (χ2n) is 9.90. The molecule has 0 amide bonds. The number of carbonyl (C=O) groups is 1. The number of anilines is 1. The van der Waals surface area contributed by atoms with Crippen molar-refractivity contribution in [1.29, 1.82) is 0 Å². The number of H-pyrrole nitrogens is 1. The predicted octanol–water partition coefficient (Wildman–Crippen LogP) is 4.05. The summed E-state index contributed by atoms with van der Waals surface area (Å²) in [6, 6.07) is 10.7. The minimum atomic E-state index is -0.459. The van der Waals surface area contributed by atoms with E-state index in [9.17, 15) is 4.79 Å². The normalized spacial score (nSPS) is 17.3. The van der Waals surface area contributed by atoms with Gasteiger partial charge in [-0.05, 0) is 63.7 Å². The van der Waals surface area contributed by atoms with Crippen molar-refractivity contribution in [3.05, 3.63) is 53.3 Å². The molecular weight excluding hydrogens is 471 g/mol. The van der Waals surface area contributed by atoms with Crippen LogP contribution in [0.1, 0.15) is 28.8 Å². The number of rotatable bonds is 9. The van der Waals surface area contributed by atoms with Crippen LogP contribution in [0.5, 0.6) is 5.75 Å². The molecule has 2 fully saturated rings. The molecule has 0 atom stereocenters. The van der Waals surface area contributed by atoms with Crippen LogP contribution in [-0.2, 0) is 0 Å². The van der Waals surface area contributed by atoms with Gasteiger partial charge in [-0.1, -0.05) is 12.1 Å². The molecule has 2 saturated heterocycles. The van der Waals surface area contributed by atoms with Gasteiger partial charge in [0.15, 0.2) is 6.29 Å². The van der Waals surface area contributed by atoms with E-state index in [-0.39, 0.29) is 5.56 Å². The summed E-state index contributed by atoms with van der Waals surface area (Å²) in [5.74, 6) is 0.0190. The summed E-state index contributed by atoms with van der Waals surface area (Å²) < 4.78 is 20.9. The van der Waals surface area contributed by atoms with Crippen LogP contribution in [0.4, 0.5) is 10.1 Å². The van der Waals surface area contributed by atoms with Crippen LogP contribution >= 0.6 is 0 Å². The number of hydrogen-bond acceptors (Lipinski definition) is 7. The summed E-state index contributed by atoms with van der Waals surface area (Å²) in [6.07, 6.45) is 3.20. The van der Waals surface area contributed by atoms with Crippen molar-refractivity contribution in [3.8, 4) is 28.3 Å². The van der Waals surface area contributed by atoms with Crippen molar-refractivity contribution in [1.82, 2.24) is 25.0 Å². The van der Waals surface area contributed by atoms with E-state index in [4.69, 9.17) is 4.74 Å². The van der Waals surface area contributed by atoms with Gasteiger partial charge < -0.3 is 15.1 Å². The Morgan fingerprint density at radius 3 is 2.59 bits per heavy atom. The number of aromatic nitrogens is 2. The number of piperazine rings is 1. The van der Waals surface area contributed by atoms with Crippen molar-refractivity contribution in [2.45, 2.75) is 19.8 Å². The van der Waals surface area contributed by atoms with E-state index in [0.29, 0.717) is 29.3 Å². The van der Waals surface area contributed by atoms with Crippen molar-refractivity contribution in [3.63, 3.8) is 0 Å². The topological polar surface area (TPSA) is 76.7 Å². The molecule has 0 spiro atoms. The number of ether oxygens (including phenoxy) is 1. The molecule has 5 rings (SSSR count). The van der Waals surface area contributed by atoms with Crippen LogP contribution in [0.2, 0.25) is 0 Å². The third-order valence-corrected chi connectivity index (χ3v) is 7.38. The maximum atomic E-state index is 15.2. The van der Waals surface area contributed by atoms with Gasteiger partial charge in [-0.3, -0.25) is 14.8 Å². The quantitative estimate of drug-likeness (QED) is 0.424. The van der Waals surface area contributed by atoms with Crippen LogP contribution < -0.4 is 10.2 Å². The van der Waals surface area contributed by atoms with Gasteiger partial charge in [-0.25, -0.2) is 9.40 Å². The van der Waals surface area contributed by atoms with Gasteiger partial charge in [0.25, 0.3) is 0 Å². The molecule has 0 aliphatic carbocycles. The summed E-state index contributed by atoms with van der Waals surface area (Å²) in [6.45, 7) is 9.39. The van der Waals surface area contributed by atoms with E-state index < -0.39 is 5.82 Å². The summed E-state index contributed by atoms with van der Waals surface area (Å²) in [5.41, 5.74) is 7.77. The van der Waals surface area contributed by atoms with Crippen molar-refractivity contribution in [2.24, 2.45) is 0 Å². The molecule has 2 aromatic carbocycles. The first-order valence-corrected chi connectivity index (χ1v) is 13.0. The lowest BCUT2D eigenvalue weighted by molar-refractivity contribution is 0.112. The zero-order valence-electron chi connectivity index (χ0n) is 21.6. The molecule has 2 N–H and O–H groups in total. The summed E-state index contributed by atoms with van der Waals surface area (Å²) in [4.78, 5) is 16.9. The first-order valence-electron chi connectivity index (χ1n) is 13.0. The number of halogens is 1. The Hall–Kier alpha value is -3.27. The zero-order chi connectivity index (χ0) is 25.8. The highest BCUT2D eigenvalue weighted by Crippen LogP contribution is 2.35. The highest BCUT2D eigenvalue weighted by molar-refractivity contribution is 5.95. The molecule has 196 valence electrons. The molecule has 0 bridgehead atoms. The van der Waals surface area contributed by atoms with Gasteiger partial charge in [-0.15, -0.1) is 0 Å². The summed E-state index contributed by atoms with van der Waals surface area (Å²) in [5, 5.41) is 9.55. The number of nitrogens with one attached hydrogen (secondary N) is 2. The van der Waals surface area contributed by atoms with Crippen LogP contribution in [0.15, 0.2) is 36.4 Å². The Morgan fingerprint density at radius 2 is 1.86 bits per heavy atom. The molecular formula is C28H35FN6O2. The van der Waals surface area contributed by atoms with Gasteiger partial charge in [0.2, 0.25) is 0 Å². The van der Waals surface area contributed by atoms with Gasteiger partial charge in [0.1, 0.15) is 23.9 Å². The number of carbonyl (C=O) groups excluding carboxylic acids is 1. The van der Waals surface area contributed by atoms with Crippen LogP contribution in [0.3, 0.4) is 0 Å². The Kier molecular flexibility index (Phi) is 7.83. The average Bonchev–Trinajstić information content (AvgIpc) is 3.57. The first-order chi connectivity index (χ1) is 18.0. The molecule has 3 heterocycles. The Morgan fingerprint density at radius 1 is 1.08 bits per heavy atom. The molecule has 0 radical (unpaired) electrons. The van der Waals surface area contributed by atoms with Crippen molar-refractivity contribution >= 4 is 12.0 Å². The lowest BCUT2D eigenvalue weighted by atomic mass is 9.98. The second kappa shape index (κ2) is 11.4. The Labute approximate surface area is 217 Å². The number of nitrogens with zero attached hydrogens (tertiary/aromatic N) is 4. The Bertz CT molecular complexity index is 1230. The number of hydrazine groups is 1. The molecule has 9 heteroatoms. The molecule has 2 aliphatic heterocycles. The zero-order valence-corrected chi connectivity index (χ0v) is 21.6. The lowest BCUT2D eigenvalue weighted by Gasteiger charge is -2.33. The SMILES string of the molecule is Cc1c(NN2CCN(C)CC2)cccc1-c1n[nH]c(-c2ccc(OCCN3CCCC3)cc2F)c1C=O. The van der Waals surface area contributed by atoms with E-state index in [1.165, 1.54) is 18.9 Å². The molecule has 0 saturated carbocycles. The van der Waals surface area contributed by atoms with Crippen LogP contribution in [-0.4, -0.2) is 90.8 Å². The molecule has 8 nitrogen and oxygen atoms in total. The number of benzene rings is 2. The minimum Gasteiger partial charge on any atom is -0.492 e. The summed E-state index contributed by atoms with van der Waals surface area (Å²) in [7, 11) is 2.12. The van der Waals surface area contributed by atoms with Crippen molar-refractivity contribution in [2.75, 3.05) is 64.9 Å². The maximum Gasteiger partial charge on any atom is 0.154 e. The van der Waals surface area contributed by atoms with E-state index in [0.717, 1.165) is 68.9 Å². The average molecular weight is 507 g/mol. The third kappa shape index (κ3) is 5.69. The van der Waals surface area contributed by atoms with E-state index in [1.54, 1.807) is 12.1 Å². The molecule has 0 unspecified atom stereocenters. The number of likely N-dealkylation sites (N-methyl/N-ethyl adjacent to an activating group) is 1. The standard InChI is InChI=1S/C28H35FN6O2/c1-20-22(6-5-7-26(20)32-35-14-12-33(2)13-15-35)27-24(19-36)28(31-30-27)23-9-8-21(18-25(23)29)37-17-16-34-10-3-4-11-34/h5-9,18-19,32H,3-4,10-17H2,1-2H3,(H,30,31). The monoisotopic (exact) mass is 506 g/mol. The van der Waals surface area contributed by atoms with E-state index in [2.05, 4.69) is 37.5 Å². The smallest absolute Gasteiger partial charge is 0.154 e. The fourth-order valence-electron chi connectivity index (χ4n) is 5.07. The van der Waals surface area contributed by atoms with Gasteiger partial charge in [0, 0.05) is 49.9 Å². The minimum absolute atomic E-state index is 0.289. The van der Waals surface area contributed by atoms with E-state index in [1.807, 2.05) is 25.1 Å². The molecule has 1 aromatic heterocycles. The molecule has 2 aliphatic rings. The number of aromatic amines is 1. The Balaban J connectivity index is 1.34.